The van der Waals surface area contributed by atoms with Gasteiger partial charge in [0, 0.05) is 16.6 Å². The van der Waals surface area contributed by atoms with E-state index < -0.39 is 0 Å². The lowest BCUT2D eigenvalue weighted by atomic mass is 9.83. The fraction of sp³-hybridized carbons (Fsp3) is 0.600. The predicted molar refractivity (Wildman–Crippen MR) is 81.1 cm³/mol. The van der Waals surface area contributed by atoms with Crippen LogP contribution in [0.2, 0.25) is 5.02 Å². The van der Waals surface area contributed by atoms with Crippen LogP contribution in [-0.4, -0.2) is 30.6 Å². The van der Waals surface area contributed by atoms with Crippen molar-refractivity contribution in [1.82, 2.24) is 10.3 Å². The highest BCUT2D eigenvalue weighted by molar-refractivity contribution is 6.30. The largest absolute Gasteiger partial charge is 0.302 e. The van der Waals surface area contributed by atoms with Crippen LogP contribution >= 0.6 is 11.6 Å². The van der Waals surface area contributed by atoms with Gasteiger partial charge in [-0.1, -0.05) is 30.5 Å². The molecule has 0 radical (unpaired) electrons. The minimum Gasteiger partial charge on any atom is -0.302 e. The zero-order valence-corrected chi connectivity index (χ0v) is 12.9. The molecule has 1 aliphatic rings. The van der Waals surface area contributed by atoms with Gasteiger partial charge < -0.3 is 4.90 Å². The molecule has 112 valence electrons. The molecule has 0 bridgehead atoms. The normalized spacial score (nSPS) is 19.5. The second-order valence-electron chi connectivity index (χ2n) is 5.86. The number of benzene rings is 1. The lowest BCUT2D eigenvalue weighted by Gasteiger charge is -2.43. The first kappa shape index (κ1) is 15.7. The maximum absolute atomic E-state index is 14.0. The summed E-state index contributed by atoms with van der Waals surface area (Å²) in [6.07, 6.45) is 5.13. The molecule has 5 heteroatoms. The highest BCUT2D eigenvalue weighted by atomic mass is 35.5. The van der Waals surface area contributed by atoms with Gasteiger partial charge in [-0.15, -0.1) is 0 Å². The number of nitrogens with two attached hydrogens (primary N) is 1. The van der Waals surface area contributed by atoms with E-state index in [0.717, 1.165) is 12.8 Å². The number of nitrogens with one attached hydrogen (secondary N) is 1. The van der Waals surface area contributed by atoms with Crippen molar-refractivity contribution >= 4 is 11.6 Å². The molecule has 1 atom stereocenters. The molecule has 1 fully saturated rings. The molecule has 0 heterocycles. The summed E-state index contributed by atoms with van der Waals surface area (Å²) in [5.74, 6) is 5.52. The molecule has 2 rings (SSSR count). The van der Waals surface area contributed by atoms with E-state index in [4.69, 9.17) is 17.4 Å². The third-order valence-corrected chi connectivity index (χ3v) is 4.88. The van der Waals surface area contributed by atoms with Gasteiger partial charge in [0.2, 0.25) is 0 Å². The zero-order chi connectivity index (χ0) is 14.8. The Balaban J connectivity index is 2.23. The average Bonchev–Trinajstić information content (AvgIpc) is 2.88. The minimum atomic E-state index is -0.260. The smallest absolute Gasteiger partial charge is 0.127 e. The van der Waals surface area contributed by atoms with Crippen LogP contribution in [-0.2, 0) is 6.42 Å². The van der Waals surface area contributed by atoms with Crippen LogP contribution in [0.4, 0.5) is 4.39 Å². The molecule has 0 saturated heterocycles. The Hall–Kier alpha value is -0.680. The molecule has 1 unspecified atom stereocenters. The molecule has 0 amide bonds. The summed E-state index contributed by atoms with van der Waals surface area (Å²) in [4.78, 5) is 2.23. The van der Waals surface area contributed by atoms with Gasteiger partial charge in [0.25, 0.3) is 0 Å². The van der Waals surface area contributed by atoms with Gasteiger partial charge in [-0.05, 0) is 51.1 Å². The first-order valence-electron chi connectivity index (χ1n) is 7.07. The molecule has 0 aromatic heterocycles. The van der Waals surface area contributed by atoms with Gasteiger partial charge >= 0.3 is 0 Å². The van der Waals surface area contributed by atoms with Crippen LogP contribution in [0.25, 0.3) is 0 Å². The maximum atomic E-state index is 14.0. The van der Waals surface area contributed by atoms with Crippen LogP contribution < -0.4 is 11.3 Å². The van der Waals surface area contributed by atoms with Crippen molar-refractivity contribution in [3.05, 3.63) is 34.6 Å². The van der Waals surface area contributed by atoms with E-state index in [9.17, 15) is 4.39 Å². The number of rotatable bonds is 5. The zero-order valence-electron chi connectivity index (χ0n) is 12.1. The van der Waals surface area contributed by atoms with Crippen LogP contribution in [0.3, 0.4) is 0 Å². The molecule has 1 aromatic carbocycles. The summed E-state index contributed by atoms with van der Waals surface area (Å²) < 4.78 is 14.0. The number of nitrogens with zero attached hydrogens (tertiary/aromatic N) is 1. The Morgan fingerprint density at radius 1 is 1.40 bits per heavy atom. The fourth-order valence-electron chi connectivity index (χ4n) is 3.41. The summed E-state index contributed by atoms with van der Waals surface area (Å²) in [7, 11) is 4.15. The Kier molecular flexibility index (Phi) is 5.02. The molecule has 1 aromatic rings. The van der Waals surface area contributed by atoms with Crippen molar-refractivity contribution in [2.45, 2.75) is 43.7 Å². The van der Waals surface area contributed by atoms with Crippen molar-refractivity contribution < 1.29 is 4.39 Å². The van der Waals surface area contributed by atoms with Crippen molar-refractivity contribution in [3.63, 3.8) is 0 Å². The predicted octanol–water partition coefficient (Wildman–Crippen LogP) is 2.73. The fourth-order valence-corrected chi connectivity index (χ4v) is 3.56. The first-order valence-corrected chi connectivity index (χ1v) is 7.45. The summed E-state index contributed by atoms with van der Waals surface area (Å²) >= 11 is 5.80. The maximum Gasteiger partial charge on any atom is 0.127 e. The van der Waals surface area contributed by atoms with Gasteiger partial charge in [-0.25, -0.2) is 4.39 Å². The van der Waals surface area contributed by atoms with Crippen LogP contribution in [0.5, 0.6) is 0 Å². The minimum absolute atomic E-state index is 0.000820. The molecule has 20 heavy (non-hydrogen) atoms. The van der Waals surface area contributed by atoms with E-state index in [1.165, 1.54) is 18.9 Å². The van der Waals surface area contributed by atoms with Crippen molar-refractivity contribution in [1.29, 1.82) is 0 Å². The van der Waals surface area contributed by atoms with Crippen molar-refractivity contribution in [3.8, 4) is 0 Å². The first-order chi connectivity index (χ1) is 9.49. The van der Waals surface area contributed by atoms with Crippen LogP contribution in [0.15, 0.2) is 18.2 Å². The number of hydrogen-bond acceptors (Lipinski definition) is 3. The highest BCUT2D eigenvalue weighted by Crippen LogP contribution is 2.37. The molecule has 0 aliphatic heterocycles. The van der Waals surface area contributed by atoms with E-state index in [1.807, 2.05) is 0 Å². The average molecular weight is 300 g/mol. The molecule has 0 spiro atoms. The van der Waals surface area contributed by atoms with Gasteiger partial charge in [0.1, 0.15) is 5.82 Å². The SMILES string of the molecule is CN(C)C1(C(Cc2ccc(Cl)cc2F)NN)CCCC1. The number of halogens is 2. The Labute approximate surface area is 125 Å². The number of hydrazine groups is 1. The second kappa shape index (κ2) is 6.39. The Morgan fingerprint density at radius 2 is 2.05 bits per heavy atom. The van der Waals surface area contributed by atoms with Gasteiger partial charge in [0.15, 0.2) is 0 Å². The summed E-state index contributed by atoms with van der Waals surface area (Å²) in [6, 6.07) is 4.86. The van der Waals surface area contributed by atoms with E-state index in [2.05, 4.69) is 24.4 Å². The van der Waals surface area contributed by atoms with E-state index >= 15 is 0 Å². The van der Waals surface area contributed by atoms with Crippen molar-refractivity contribution in [2.24, 2.45) is 5.84 Å². The molecule has 1 aliphatic carbocycles. The van der Waals surface area contributed by atoms with E-state index in [-0.39, 0.29) is 17.4 Å². The molecular weight excluding hydrogens is 277 g/mol. The lowest BCUT2D eigenvalue weighted by molar-refractivity contribution is 0.104. The number of hydrogen-bond donors (Lipinski definition) is 2. The molecule has 1 saturated carbocycles. The van der Waals surface area contributed by atoms with E-state index in [1.54, 1.807) is 12.1 Å². The third kappa shape index (κ3) is 2.98. The summed E-state index contributed by atoms with van der Waals surface area (Å²) in [6.45, 7) is 0. The molecular formula is C15H23ClFN3. The van der Waals surface area contributed by atoms with Crippen molar-refractivity contribution in [2.75, 3.05) is 14.1 Å². The standard InChI is InChI=1S/C15H23ClFN3/c1-20(2)15(7-3-4-8-15)14(19-18)9-11-5-6-12(16)10-13(11)17/h5-6,10,14,19H,3-4,7-9,18H2,1-2H3. The molecule has 3 N–H and O–H groups in total. The van der Waals surface area contributed by atoms with Gasteiger partial charge in [-0.2, -0.15) is 0 Å². The van der Waals surface area contributed by atoms with Crippen LogP contribution in [0, 0.1) is 5.82 Å². The summed E-state index contributed by atoms with van der Waals surface area (Å²) in [5.41, 5.74) is 3.57. The monoisotopic (exact) mass is 299 g/mol. The third-order valence-electron chi connectivity index (χ3n) is 4.65. The van der Waals surface area contributed by atoms with Crippen LogP contribution in [0.1, 0.15) is 31.2 Å². The topological polar surface area (TPSA) is 41.3 Å². The summed E-state index contributed by atoms with van der Waals surface area (Å²) in [5, 5.41) is 0.423. The second-order valence-corrected chi connectivity index (χ2v) is 6.30. The molecule has 3 nitrogen and oxygen atoms in total. The highest BCUT2D eigenvalue weighted by Gasteiger charge is 2.42. The Morgan fingerprint density at radius 3 is 2.55 bits per heavy atom. The Bertz CT molecular complexity index is 458. The quantitative estimate of drug-likeness (QED) is 0.649. The van der Waals surface area contributed by atoms with E-state index in [0.29, 0.717) is 17.0 Å². The lowest BCUT2D eigenvalue weighted by Crippen LogP contribution is -2.60. The number of likely N-dealkylation sites (N-methyl/N-ethyl adjacent to an activating group) is 1. The van der Waals surface area contributed by atoms with Gasteiger partial charge in [-0.3, -0.25) is 11.3 Å². The van der Waals surface area contributed by atoms with Gasteiger partial charge in [0.05, 0.1) is 0 Å².